The summed E-state index contributed by atoms with van der Waals surface area (Å²) in [5.74, 6) is 4.36. The maximum atomic E-state index is 6.10. The molecule has 1 saturated heterocycles. The summed E-state index contributed by atoms with van der Waals surface area (Å²) < 4.78 is 12.2. The normalized spacial score (nSPS) is 49.0. The Balaban J connectivity index is 0.000000932. The summed E-state index contributed by atoms with van der Waals surface area (Å²) in [7, 11) is 0. The zero-order valence-electron chi connectivity index (χ0n) is 19.0. The van der Waals surface area contributed by atoms with Gasteiger partial charge in [0.2, 0.25) is 0 Å². The molecule has 5 rings (SSSR count). The second kappa shape index (κ2) is 7.85. The number of fused-ring (bicyclic) bond motifs is 5. The van der Waals surface area contributed by atoms with E-state index in [4.69, 9.17) is 15.2 Å². The van der Waals surface area contributed by atoms with E-state index in [-0.39, 0.29) is 5.79 Å². The molecule has 1 aliphatic heterocycles. The Morgan fingerprint density at radius 2 is 1.54 bits per heavy atom. The van der Waals surface area contributed by atoms with Gasteiger partial charge in [-0.25, -0.2) is 0 Å². The second-order valence-electron chi connectivity index (χ2n) is 10.9. The maximum absolute atomic E-state index is 6.10. The Morgan fingerprint density at radius 1 is 0.821 bits per heavy atom. The summed E-state index contributed by atoms with van der Waals surface area (Å²) in [6.07, 6.45) is 13.5. The third-order valence-electron chi connectivity index (χ3n) is 10.2. The van der Waals surface area contributed by atoms with E-state index >= 15 is 0 Å². The topological polar surface area (TPSA) is 44.5 Å². The highest BCUT2D eigenvalue weighted by Gasteiger charge is 2.61. The van der Waals surface area contributed by atoms with Gasteiger partial charge >= 0.3 is 0 Å². The lowest BCUT2D eigenvalue weighted by atomic mass is 9.44. The molecule has 162 valence electrons. The average Bonchev–Trinajstić information content (AvgIpc) is 3.29. The van der Waals surface area contributed by atoms with Crippen LogP contribution in [0.25, 0.3) is 0 Å². The van der Waals surface area contributed by atoms with Gasteiger partial charge in [0.05, 0.1) is 13.2 Å². The quantitative estimate of drug-likeness (QED) is 0.650. The molecule has 0 aromatic carbocycles. The molecule has 0 aromatic heterocycles. The molecule has 7 unspecified atom stereocenters. The van der Waals surface area contributed by atoms with E-state index in [9.17, 15) is 0 Å². The molecule has 4 aliphatic carbocycles. The summed E-state index contributed by atoms with van der Waals surface area (Å²) >= 11 is 0. The van der Waals surface area contributed by atoms with Crippen LogP contribution in [0.3, 0.4) is 0 Å². The average molecular weight is 392 g/mol. The first-order valence-corrected chi connectivity index (χ1v) is 12.5. The van der Waals surface area contributed by atoms with E-state index in [0.29, 0.717) is 10.8 Å². The van der Waals surface area contributed by atoms with Crippen molar-refractivity contribution in [3.05, 3.63) is 0 Å². The third-order valence-corrected chi connectivity index (χ3v) is 10.2. The van der Waals surface area contributed by atoms with E-state index in [1.165, 1.54) is 51.4 Å². The van der Waals surface area contributed by atoms with Gasteiger partial charge in [-0.05, 0) is 98.3 Å². The van der Waals surface area contributed by atoms with Gasteiger partial charge in [-0.2, -0.15) is 0 Å². The van der Waals surface area contributed by atoms with Gasteiger partial charge in [0.15, 0.2) is 5.79 Å². The second-order valence-corrected chi connectivity index (χ2v) is 10.9. The zero-order chi connectivity index (χ0) is 20.0. The van der Waals surface area contributed by atoms with Gasteiger partial charge in [0.25, 0.3) is 0 Å². The van der Waals surface area contributed by atoms with Crippen LogP contribution in [0.1, 0.15) is 91.9 Å². The molecular formula is C25H45NO2. The predicted octanol–water partition coefficient (Wildman–Crippen LogP) is 5.76. The standard InChI is InChI=1S/C23H39NO2.C2H6/c1-21-9-7-20-18(19(21)6-4-16(21)8-12-24)5-3-17-15-23(25-13-14-26-23)11-10-22(17,20)2;1-2/h16-20H,3-15,24H2,1-2H3;1-2H3. The first kappa shape index (κ1) is 21.1. The summed E-state index contributed by atoms with van der Waals surface area (Å²) in [6.45, 7) is 11.8. The predicted molar refractivity (Wildman–Crippen MR) is 115 cm³/mol. The first-order chi connectivity index (χ1) is 13.5. The number of nitrogens with two attached hydrogens (primary N) is 1. The number of ether oxygens (including phenoxy) is 2. The summed E-state index contributed by atoms with van der Waals surface area (Å²) in [4.78, 5) is 0. The van der Waals surface area contributed by atoms with E-state index in [1.54, 1.807) is 0 Å². The van der Waals surface area contributed by atoms with Gasteiger partial charge in [-0.15, -0.1) is 0 Å². The highest BCUT2D eigenvalue weighted by atomic mass is 16.7. The van der Waals surface area contributed by atoms with E-state index in [0.717, 1.165) is 62.2 Å². The fourth-order valence-electron chi connectivity index (χ4n) is 8.74. The van der Waals surface area contributed by atoms with Crippen LogP contribution in [0, 0.1) is 40.4 Å². The number of hydrogen-bond acceptors (Lipinski definition) is 3. The van der Waals surface area contributed by atoms with Crippen LogP contribution in [0.2, 0.25) is 0 Å². The van der Waals surface area contributed by atoms with Gasteiger partial charge < -0.3 is 15.2 Å². The van der Waals surface area contributed by atoms with Gasteiger partial charge in [0.1, 0.15) is 0 Å². The van der Waals surface area contributed by atoms with Crippen LogP contribution in [-0.2, 0) is 9.47 Å². The molecule has 0 radical (unpaired) electrons. The lowest BCUT2D eigenvalue weighted by Crippen LogP contribution is -2.56. The van der Waals surface area contributed by atoms with Crippen molar-refractivity contribution < 1.29 is 9.47 Å². The SMILES string of the molecule is CC.CC12CCC3C(CCC4CC5(CCC43C)OCCO5)C1CCC2CCN. The number of hydrogen-bond donors (Lipinski definition) is 1. The van der Waals surface area contributed by atoms with Gasteiger partial charge in [-0.1, -0.05) is 27.7 Å². The Bertz CT molecular complexity index is 545. The van der Waals surface area contributed by atoms with Crippen LogP contribution in [0.4, 0.5) is 0 Å². The Kier molecular flexibility index (Phi) is 5.92. The molecule has 0 amide bonds. The fraction of sp³-hybridized carbons (Fsp3) is 1.00. The van der Waals surface area contributed by atoms with Crippen LogP contribution in [-0.4, -0.2) is 25.5 Å². The highest BCUT2D eigenvalue weighted by Crippen LogP contribution is 2.68. The van der Waals surface area contributed by atoms with Crippen molar-refractivity contribution in [1.29, 1.82) is 0 Å². The molecule has 7 atom stereocenters. The maximum Gasteiger partial charge on any atom is 0.168 e. The van der Waals surface area contributed by atoms with Crippen molar-refractivity contribution in [3.8, 4) is 0 Å². The summed E-state index contributed by atoms with van der Waals surface area (Å²) in [5, 5.41) is 0. The molecular weight excluding hydrogens is 346 g/mol. The number of rotatable bonds is 2. The fourth-order valence-corrected chi connectivity index (χ4v) is 8.74. The van der Waals surface area contributed by atoms with Gasteiger partial charge in [-0.3, -0.25) is 0 Å². The van der Waals surface area contributed by atoms with Crippen LogP contribution in [0.5, 0.6) is 0 Å². The molecule has 28 heavy (non-hydrogen) atoms. The van der Waals surface area contributed by atoms with E-state index in [2.05, 4.69) is 13.8 Å². The molecule has 2 N–H and O–H groups in total. The summed E-state index contributed by atoms with van der Waals surface area (Å²) in [6, 6.07) is 0. The molecule has 0 aromatic rings. The minimum absolute atomic E-state index is 0.209. The minimum atomic E-state index is -0.209. The highest BCUT2D eigenvalue weighted by molar-refractivity contribution is 5.10. The van der Waals surface area contributed by atoms with Crippen molar-refractivity contribution in [2.45, 2.75) is 97.7 Å². The first-order valence-electron chi connectivity index (χ1n) is 12.5. The van der Waals surface area contributed by atoms with Crippen LogP contribution in [0.15, 0.2) is 0 Å². The van der Waals surface area contributed by atoms with E-state index in [1.807, 2.05) is 13.8 Å². The Labute approximate surface area is 173 Å². The molecule has 1 heterocycles. The van der Waals surface area contributed by atoms with Crippen LogP contribution < -0.4 is 5.73 Å². The molecule has 3 heteroatoms. The molecule has 3 nitrogen and oxygen atoms in total. The largest absolute Gasteiger partial charge is 0.348 e. The van der Waals surface area contributed by atoms with Crippen molar-refractivity contribution in [2.24, 2.45) is 46.2 Å². The van der Waals surface area contributed by atoms with Crippen molar-refractivity contribution in [1.82, 2.24) is 0 Å². The van der Waals surface area contributed by atoms with Gasteiger partial charge in [0, 0.05) is 12.8 Å². The van der Waals surface area contributed by atoms with Crippen LogP contribution >= 0.6 is 0 Å². The van der Waals surface area contributed by atoms with E-state index < -0.39 is 0 Å². The third kappa shape index (κ3) is 3.10. The smallest absolute Gasteiger partial charge is 0.168 e. The minimum Gasteiger partial charge on any atom is -0.348 e. The Morgan fingerprint density at radius 3 is 2.25 bits per heavy atom. The zero-order valence-corrected chi connectivity index (χ0v) is 19.0. The van der Waals surface area contributed by atoms with Crippen molar-refractivity contribution in [2.75, 3.05) is 19.8 Å². The molecule has 0 bridgehead atoms. The molecule has 5 aliphatic rings. The van der Waals surface area contributed by atoms with Crippen molar-refractivity contribution in [3.63, 3.8) is 0 Å². The molecule has 4 saturated carbocycles. The van der Waals surface area contributed by atoms with Crippen molar-refractivity contribution >= 4 is 0 Å². The molecule has 5 fully saturated rings. The Hall–Kier alpha value is -0.120. The monoisotopic (exact) mass is 391 g/mol. The molecule has 1 spiro atoms. The lowest BCUT2D eigenvalue weighted by Gasteiger charge is -2.62. The lowest BCUT2D eigenvalue weighted by molar-refractivity contribution is -0.229. The summed E-state index contributed by atoms with van der Waals surface area (Å²) in [5.41, 5.74) is 7.07.